The number of hydrogen-bond acceptors (Lipinski definition) is 3. The molecule has 0 radical (unpaired) electrons. The fourth-order valence-electron chi connectivity index (χ4n) is 3.27. The summed E-state index contributed by atoms with van der Waals surface area (Å²) in [4.78, 5) is 12.9. The third-order valence-electron chi connectivity index (χ3n) is 5.04. The fourth-order valence-corrected chi connectivity index (χ4v) is 4.71. The van der Waals surface area contributed by atoms with E-state index in [1.165, 1.54) is 12.1 Å². The van der Waals surface area contributed by atoms with Crippen LogP contribution in [-0.4, -0.2) is 20.9 Å². The Balaban J connectivity index is 1.85. The minimum Gasteiger partial charge on any atom is -0.350 e. The summed E-state index contributed by atoms with van der Waals surface area (Å²) < 4.78 is 27.9. The van der Waals surface area contributed by atoms with Crippen LogP contribution in [0.25, 0.3) is 0 Å². The Labute approximate surface area is 184 Å². The van der Waals surface area contributed by atoms with E-state index in [4.69, 9.17) is 0 Å². The van der Waals surface area contributed by atoms with Crippen LogP contribution < -0.4 is 9.62 Å². The van der Waals surface area contributed by atoms with E-state index in [0.717, 1.165) is 21.0 Å². The molecule has 0 bridgehead atoms. The third-order valence-corrected chi connectivity index (χ3v) is 6.83. The molecule has 162 valence electrons. The summed E-state index contributed by atoms with van der Waals surface area (Å²) in [6.45, 7) is 6.18. The van der Waals surface area contributed by atoms with Crippen LogP contribution in [0.5, 0.6) is 0 Å². The van der Waals surface area contributed by atoms with Crippen LogP contribution >= 0.6 is 0 Å². The molecule has 1 amide bonds. The maximum Gasteiger partial charge on any atom is 0.264 e. The number of benzene rings is 3. The first kappa shape index (κ1) is 22.6. The molecule has 3 aromatic rings. The van der Waals surface area contributed by atoms with Crippen LogP contribution in [0.15, 0.2) is 83.8 Å². The zero-order chi connectivity index (χ0) is 22.4. The quantitative estimate of drug-likeness (QED) is 0.560. The average Bonchev–Trinajstić information content (AvgIpc) is 2.76. The number of anilines is 1. The largest absolute Gasteiger partial charge is 0.350 e. The molecule has 0 saturated carbocycles. The summed E-state index contributed by atoms with van der Waals surface area (Å²) >= 11 is 0. The predicted octanol–water partition coefficient (Wildman–Crippen LogP) is 4.63. The molecule has 0 aromatic heterocycles. The van der Waals surface area contributed by atoms with Crippen LogP contribution in [0.4, 0.5) is 5.69 Å². The van der Waals surface area contributed by atoms with Crippen molar-refractivity contribution in [3.8, 4) is 0 Å². The van der Waals surface area contributed by atoms with Gasteiger partial charge in [0.1, 0.15) is 6.54 Å². The lowest BCUT2D eigenvalue weighted by atomic mass is 10.0. The van der Waals surface area contributed by atoms with Gasteiger partial charge in [0.2, 0.25) is 5.91 Å². The zero-order valence-electron chi connectivity index (χ0n) is 18.1. The summed E-state index contributed by atoms with van der Waals surface area (Å²) in [7, 11) is -3.90. The first-order valence-electron chi connectivity index (χ1n) is 10.3. The molecule has 0 aliphatic rings. The van der Waals surface area contributed by atoms with E-state index in [1.807, 2.05) is 43.3 Å². The van der Waals surface area contributed by atoms with Gasteiger partial charge in [-0.1, -0.05) is 74.0 Å². The molecule has 0 heterocycles. The molecular weight excluding hydrogens is 408 g/mol. The Morgan fingerprint density at radius 1 is 0.935 bits per heavy atom. The molecule has 3 rings (SSSR count). The summed E-state index contributed by atoms with van der Waals surface area (Å²) in [6.07, 6.45) is 0. The van der Waals surface area contributed by atoms with Crippen molar-refractivity contribution in [1.29, 1.82) is 0 Å². The average molecular weight is 437 g/mol. The van der Waals surface area contributed by atoms with Crippen molar-refractivity contribution in [2.75, 3.05) is 10.8 Å². The van der Waals surface area contributed by atoms with E-state index >= 15 is 0 Å². The number of rotatable bonds is 8. The second-order valence-corrected chi connectivity index (χ2v) is 9.70. The van der Waals surface area contributed by atoms with Gasteiger partial charge in [-0.05, 0) is 48.2 Å². The smallest absolute Gasteiger partial charge is 0.264 e. The van der Waals surface area contributed by atoms with Gasteiger partial charge >= 0.3 is 0 Å². The Kier molecular flexibility index (Phi) is 7.13. The second kappa shape index (κ2) is 9.79. The van der Waals surface area contributed by atoms with Gasteiger partial charge < -0.3 is 5.32 Å². The molecule has 1 N–H and O–H groups in total. The minimum absolute atomic E-state index is 0.148. The van der Waals surface area contributed by atoms with Crippen LogP contribution in [0, 0.1) is 6.92 Å². The number of amides is 1. The number of carbonyl (C=O) groups excluding carboxylic acids is 1. The van der Waals surface area contributed by atoms with Crippen LogP contribution in [-0.2, 0) is 21.4 Å². The van der Waals surface area contributed by atoms with E-state index in [0.29, 0.717) is 18.2 Å². The molecule has 0 fully saturated rings. The molecule has 0 atom stereocenters. The third kappa shape index (κ3) is 5.73. The number of sulfonamides is 1. The molecule has 0 aliphatic carbocycles. The Bertz CT molecular complexity index is 1120. The van der Waals surface area contributed by atoms with Crippen molar-refractivity contribution in [3.63, 3.8) is 0 Å². The van der Waals surface area contributed by atoms with Crippen LogP contribution in [0.2, 0.25) is 0 Å². The van der Waals surface area contributed by atoms with Gasteiger partial charge in [-0.15, -0.1) is 0 Å². The minimum atomic E-state index is -3.90. The Morgan fingerprint density at radius 2 is 1.61 bits per heavy atom. The number of nitrogens with one attached hydrogen (secondary N) is 1. The van der Waals surface area contributed by atoms with E-state index in [9.17, 15) is 13.2 Å². The topological polar surface area (TPSA) is 66.5 Å². The number of hydrogen-bond donors (Lipinski definition) is 1. The highest BCUT2D eigenvalue weighted by molar-refractivity contribution is 7.92. The van der Waals surface area contributed by atoms with Gasteiger partial charge in [0.05, 0.1) is 10.6 Å². The van der Waals surface area contributed by atoms with Crippen molar-refractivity contribution < 1.29 is 13.2 Å². The van der Waals surface area contributed by atoms with Gasteiger partial charge in [0, 0.05) is 6.54 Å². The van der Waals surface area contributed by atoms with Crippen molar-refractivity contribution in [3.05, 3.63) is 95.6 Å². The molecule has 3 aromatic carbocycles. The molecule has 6 heteroatoms. The van der Waals surface area contributed by atoms with E-state index in [1.54, 1.807) is 30.3 Å². The SMILES string of the molecule is Cc1cccc(CNC(=O)CN(c2ccc(C(C)C)cc2)S(=O)(=O)c2ccccc2)c1. The standard InChI is InChI=1S/C25H28N2O3S/c1-19(2)22-12-14-23(15-13-22)27(31(29,30)24-10-5-4-6-11-24)18-25(28)26-17-21-9-7-8-20(3)16-21/h4-16,19H,17-18H2,1-3H3,(H,26,28). The van der Waals surface area contributed by atoms with Crippen molar-refractivity contribution in [2.24, 2.45) is 0 Å². The maximum absolute atomic E-state index is 13.4. The molecule has 0 saturated heterocycles. The van der Waals surface area contributed by atoms with Crippen molar-refractivity contribution in [1.82, 2.24) is 5.32 Å². The summed E-state index contributed by atoms with van der Waals surface area (Å²) in [6, 6.07) is 23.3. The number of nitrogens with zero attached hydrogens (tertiary/aromatic N) is 1. The molecular formula is C25H28N2O3S. The lowest BCUT2D eigenvalue weighted by molar-refractivity contribution is -0.119. The Morgan fingerprint density at radius 3 is 2.23 bits per heavy atom. The summed E-state index contributed by atoms with van der Waals surface area (Å²) in [5.74, 6) is -0.0418. The maximum atomic E-state index is 13.4. The van der Waals surface area contributed by atoms with Gasteiger partial charge in [-0.3, -0.25) is 9.10 Å². The first-order valence-corrected chi connectivity index (χ1v) is 11.7. The van der Waals surface area contributed by atoms with Crippen LogP contribution in [0.3, 0.4) is 0 Å². The van der Waals surface area contributed by atoms with Crippen molar-refractivity contribution in [2.45, 2.75) is 38.1 Å². The van der Waals surface area contributed by atoms with E-state index in [-0.39, 0.29) is 17.3 Å². The highest BCUT2D eigenvalue weighted by Crippen LogP contribution is 2.25. The van der Waals surface area contributed by atoms with Gasteiger partial charge in [0.25, 0.3) is 10.0 Å². The predicted molar refractivity (Wildman–Crippen MR) is 125 cm³/mol. The number of carbonyl (C=O) groups is 1. The van der Waals surface area contributed by atoms with Crippen LogP contribution in [0.1, 0.15) is 36.5 Å². The lowest BCUT2D eigenvalue weighted by Gasteiger charge is -2.24. The normalized spacial score (nSPS) is 11.4. The fraction of sp³-hybridized carbons (Fsp3) is 0.240. The molecule has 31 heavy (non-hydrogen) atoms. The summed E-state index contributed by atoms with van der Waals surface area (Å²) in [5.41, 5.74) is 3.63. The molecule has 0 spiro atoms. The molecule has 0 aliphatic heterocycles. The first-order chi connectivity index (χ1) is 14.8. The van der Waals surface area contributed by atoms with E-state index in [2.05, 4.69) is 19.2 Å². The summed E-state index contributed by atoms with van der Waals surface area (Å²) in [5, 5.41) is 2.83. The Hall–Kier alpha value is -3.12. The van der Waals surface area contributed by atoms with Gasteiger partial charge in [0.15, 0.2) is 0 Å². The lowest BCUT2D eigenvalue weighted by Crippen LogP contribution is -2.40. The number of aryl methyl sites for hydroxylation is 1. The van der Waals surface area contributed by atoms with E-state index < -0.39 is 10.0 Å². The highest BCUT2D eigenvalue weighted by atomic mass is 32.2. The molecule has 0 unspecified atom stereocenters. The van der Waals surface area contributed by atoms with Gasteiger partial charge in [-0.2, -0.15) is 0 Å². The molecule has 5 nitrogen and oxygen atoms in total. The zero-order valence-corrected chi connectivity index (χ0v) is 18.9. The van der Waals surface area contributed by atoms with Gasteiger partial charge in [-0.25, -0.2) is 8.42 Å². The highest BCUT2D eigenvalue weighted by Gasteiger charge is 2.27. The van der Waals surface area contributed by atoms with Crippen molar-refractivity contribution >= 4 is 21.6 Å². The monoisotopic (exact) mass is 436 g/mol. The second-order valence-electron chi connectivity index (χ2n) is 7.84.